The Kier molecular flexibility index (Phi) is 4.02. The van der Waals surface area contributed by atoms with Crippen LogP contribution in [0.4, 0.5) is 8.78 Å². The molecule has 0 aromatic heterocycles. The Morgan fingerprint density at radius 3 is 2.26 bits per heavy atom. The highest BCUT2D eigenvalue weighted by atomic mass is 79.9. The largest absolute Gasteiger partial charge is 0.320 e. The van der Waals surface area contributed by atoms with Crippen molar-refractivity contribution in [3.8, 4) is 0 Å². The molecule has 0 saturated heterocycles. The topological polar surface area (TPSA) is 26.0 Å². The van der Waals surface area contributed by atoms with Gasteiger partial charge in [-0.15, -0.1) is 0 Å². The van der Waals surface area contributed by atoms with Crippen LogP contribution in [0.2, 0.25) is 0 Å². The molecule has 4 heteroatoms. The van der Waals surface area contributed by atoms with Crippen molar-refractivity contribution in [1.29, 1.82) is 0 Å². The molecular formula is C15H14BrF2N. The van der Waals surface area contributed by atoms with Crippen LogP contribution >= 0.6 is 15.9 Å². The van der Waals surface area contributed by atoms with Crippen molar-refractivity contribution in [1.82, 2.24) is 0 Å². The minimum Gasteiger partial charge on any atom is -0.320 e. The number of benzene rings is 2. The van der Waals surface area contributed by atoms with Crippen LogP contribution in [0.5, 0.6) is 0 Å². The predicted octanol–water partition coefficient (Wildman–Crippen LogP) is 4.39. The van der Waals surface area contributed by atoms with Gasteiger partial charge in [-0.05, 0) is 54.8 Å². The zero-order valence-corrected chi connectivity index (χ0v) is 12.3. The van der Waals surface area contributed by atoms with E-state index in [2.05, 4.69) is 15.9 Å². The summed E-state index contributed by atoms with van der Waals surface area (Å²) in [6, 6.07) is 7.24. The summed E-state index contributed by atoms with van der Waals surface area (Å²) in [5.74, 6) is -0.921. The first-order valence-corrected chi connectivity index (χ1v) is 6.66. The molecule has 0 radical (unpaired) electrons. The van der Waals surface area contributed by atoms with Crippen molar-refractivity contribution in [3.05, 3.63) is 68.7 Å². The standard InChI is InChI=1S/C15H14BrF2N/c1-8-5-10(16)3-4-11(8)15(19)12-7-13(17)9(2)6-14(12)18/h3-7,15H,19H2,1-2H3. The summed E-state index contributed by atoms with van der Waals surface area (Å²) in [5.41, 5.74) is 8.23. The van der Waals surface area contributed by atoms with E-state index in [-0.39, 0.29) is 11.1 Å². The van der Waals surface area contributed by atoms with E-state index in [1.54, 1.807) is 0 Å². The van der Waals surface area contributed by atoms with Crippen LogP contribution in [0, 0.1) is 25.5 Å². The molecule has 0 spiro atoms. The van der Waals surface area contributed by atoms with Gasteiger partial charge in [0.25, 0.3) is 0 Å². The SMILES string of the molecule is Cc1cc(F)c(C(N)c2ccc(Br)cc2C)cc1F. The molecule has 2 aromatic rings. The van der Waals surface area contributed by atoms with Crippen LogP contribution in [0.1, 0.15) is 28.3 Å². The van der Waals surface area contributed by atoms with Crippen LogP contribution in [-0.2, 0) is 0 Å². The Morgan fingerprint density at radius 2 is 1.63 bits per heavy atom. The third-order valence-electron chi connectivity index (χ3n) is 3.18. The lowest BCUT2D eigenvalue weighted by Gasteiger charge is -2.17. The van der Waals surface area contributed by atoms with Gasteiger partial charge in [0.1, 0.15) is 11.6 Å². The predicted molar refractivity (Wildman–Crippen MR) is 76.0 cm³/mol. The number of hydrogen-bond acceptors (Lipinski definition) is 1. The van der Waals surface area contributed by atoms with Gasteiger partial charge in [0.15, 0.2) is 0 Å². The van der Waals surface area contributed by atoms with E-state index in [9.17, 15) is 8.78 Å². The van der Waals surface area contributed by atoms with E-state index in [1.807, 2.05) is 25.1 Å². The van der Waals surface area contributed by atoms with Gasteiger partial charge in [-0.1, -0.05) is 22.0 Å². The van der Waals surface area contributed by atoms with Gasteiger partial charge >= 0.3 is 0 Å². The Morgan fingerprint density at radius 1 is 0.947 bits per heavy atom. The van der Waals surface area contributed by atoms with Gasteiger partial charge in [0, 0.05) is 10.0 Å². The molecule has 0 aliphatic heterocycles. The second kappa shape index (κ2) is 5.39. The molecule has 0 heterocycles. The van der Waals surface area contributed by atoms with E-state index in [4.69, 9.17) is 5.73 Å². The Balaban J connectivity index is 2.49. The normalized spacial score (nSPS) is 12.5. The molecule has 1 unspecified atom stereocenters. The van der Waals surface area contributed by atoms with Crippen molar-refractivity contribution in [2.75, 3.05) is 0 Å². The van der Waals surface area contributed by atoms with Gasteiger partial charge in [-0.3, -0.25) is 0 Å². The van der Waals surface area contributed by atoms with Gasteiger partial charge in [-0.2, -0.15) is 0 Å². The van der Waals surface area contributed by atoms with Crippen LogP contribution in [0.15, 0.2) is 34.8 Å². The van der Waals surface area contributed by atoms with Crippen LogP contribution in [-0.4, -0.2) is 0 Å². The third-order valence-corrected chi connectivity index (χ3v) is 3.67. The first-order chi connectivity index (χ1) is 8.90. The second-order valence-electron chi connectivity index (χ2n) is 4.60. The number of hydrogen-bond donors (Lipinski definition) is 1. The molecule has 19 heavy (non-hydrogen) atoms. The summed E-state index contributed by atoms with van der Waals surface area (Å²) in [6.07, 6.45) is 0. The lowest BCUT2D eigenvalue weighted by Crippen LogP contribution is -2.15. The Labute approximate surface area is 119 Å². The maximum Gasteiger partial charge on any atom is 0.128 e. The smallest absolute Gasteiger partial charge is 0.128 e. The highest BCUT2D eigenvalue weighted by Crippen LogP contribution is 2.28. The summed E-state index contributed by atoms with van der Waals surface area (Å²) in [6.45, 7) is 3.42. The number of rotatable bonds is 2. The fraction of sp³-hybridized carbons (Fsp3) is 0.200. The Hall–Kier alpha value is -1.26. The highest BCUT2D eigenvalue weighted by Gasteiger charge is 2.17. The summed E-state index contributed by atoms with van der Waals surface area (Å²) < 4.78 is 28.4. The van der Waals surface area contributed by atoms with Crippen molar-refractivity contribution >= 4 is 15.9 Å². The maximum absolute atomic E-state index is 13.9. The molecule has 2 N–H and O–H groups in total. The fourth-order valence-electron chi connectivity index (χ4n) is 2.06. The average molecular weight is 326 g/mol. The summed E-state index contributed by atoms with van der Waals surface area (Å²) in [5, 5.41) is 0. The molecule has 2 aromatic carbocycles. The Bertz CT molecular complexity index is 626. The summed E-state index contributed by atoms with van der Waals surface area (Å²) in [4.78, 5) is 0. The average Bonchev–Trinajstić information content (AvgIpc) is 2.33. The monoisotopic (exact) mass is 325 g/mol. The van der Waals surface area contributed by atoms with E-state index < -0.39 is 17.7 Å². The molecule has 0 amide bonds. The molecule has 0 fully saturated rings. The van der Waals surface area contributed by atoms with Gasteiger partial charge in [0.05, 0.1) is 6.04 Å². The first-order valence-electron chi connectivity index (χ1n) is 5.87. The van der Waals surface area contributed by atoms with Crippen LogP contribution < -0.4 is 5.73 Å². The summed E-state index contributed by atoms with van der Waals surface area (Å²) >= 11 is 3.36. The molecule has 0 saturated carbocycles. The number of aryl methyl sites for hydroxylation is 2. The van der Waals surface area contributed by atoms with Crippen molar-refractivity contribution in [2.24, 2.45) is 5.73 Å². The third kappa shape index (κ3) is 2.85. The fourth-order valence-corrected chi connectivity index (χ4v) is 2.53. The van der Waals surface area contributed by atoms with E-state index in [0.717, 1.165) is 15.6 Å². The molecular weight excluding hydrogens is 312 g/mol. The minimum atomic E-state index is -0.678. The number of halogens is 3. The van der Waals surface area contributed by atoms with Crippen LogP contribution in [0.25, 0.3) is 0 Å². The molecule has 2 rings (SSSR count). The quantitative estimate of drug-likeness (QED) is 0.870. The van der Waals surface area contributed by atoms with E-state index in [1.165, 1.54) is 19.1 Å². The molecule has 1 nitrogen and oxygen atoms in total. The minimum absolute atomic E-state index is 0.175. The summed E-state index contributed by atoms with van der Waals surface area (Å²) in [7, 11) is 0. The molecule has 1 atom stereocenters. The van der Waals surface area contributed by atoms with Gasteiger partial charge in [-0.25, -0.2) is 8.78 Å². The van der Waals surface area contributed by atoms with Gasteiger partial charge in [0.2, 0.25) is 0 Å². The van der Waals surface area contributed by atoms with Crippen molar-refractivity contribution < 1.29 is 8.78 Å². The van der Waals surface area contributed by atoms with Crippen LogP contribution in [0.3, 0.4) is 0 Å². The molecule has 0 aliphatic carbocycles. The molecule has 100 valence electrons. The second-order valence-corrected chi connectivity index (χ2v) is 5.52. The first kappa shape index (κ1) is 14.2. The zero-order valence-electron chi connectivity index (χ0n) is 10.7. The van der Waals surface area contributed by atoms with E-state index >= 15 is 0 Å². The molecule has 0 aliphatic rings. The number of nitrogens with two attached hydrogens (primary N) is 1. The van der Waals surface area contributed by atoms with Crippen molar-refractivity contribution in [3.63, 3.8) is 0 Å². The lowest BCUT2D eigenvalue weighted by molar-refractivity contribution is 0.570. The van der Waals surface area contributed by atoms with E-state index in [0.29, 0.717) is 0 Å². The van der Waals surface area contributed by atoms with Crippen molar-refractivity contribution in [2.45, 2.75) is 19.9 Å². The highest BCUT2D eigenvalue weighted by molar-refractivity contribution is 9.10. The zero-order chi connectivity index (χ0) is 14.2. The van der Waals surface area contributed by atoms with Gasteiger partial charge < -0.3 is 5.73 Å². The maximum atomic E-state index is 13.9. The lowest BCUT2D eigenvalue weighted by atomic mass is 9.94. The molecule has 0 bridgehead atoms.